The van der Waals surface area contributed by atoms with Gasteiger partial charge in [0.25, 0.3) is 5.91 Å². The van der Waals surface area contributed by atoms with Crippen LogP contribution in [0.3, 0.4) is 0 Å². The molecule has 1 N–H and O–H groups in total. The van der Waals surface area contributed by atoms with E-state index in [1.165, 1.54) is 5.56 Å². The molecule has 2 aromatic carbocycles. The number of piperazine rings is 1. The highest BCUT2D eigenvalue weighted by atomic mass is 19.1. The third-order valence-corrected chi connectivity index (χ3v) is 5.09. The van der Waals surface area contributed by atoms with Gasteiger partial charge >= 0.3 is 0 Å². The lowest BCUT2D eigenvalue weighted by atomic mass is 10.2. The summed E-state index contributed by atoms with van der Waals surface area (Å²) in [6.45, 7) is 3.69. The Morgan fingerprint density at radius 3 is 2.37 bits per heavy atom. The third kappa shape index (κ3) is 5.76. The summed E-state index contributed by atoms with van der Waals surface area (Å²) in [6, 6.07) is 10.7. The number of benzene rings is 2. The second kappa shape index (κ2) is 10.2. The summed E-state index contributed by atoms with van der Waals surface area (Å²) in [4.78, 5) is 28.4. The zero-order valence-corrected chi connectivity index (χ0v) is 16.9. The second-order valence-electron chi connectivity index (χ2n) is 7.14. The Morgan fingerprint density at radius 2 is 1.73 bits per heavy atom. The van der Waals surface area contributed by atoms with Crippen molar-refractivity contribution in [3.63, 3.8) is 0 Å². The van der Waals surface area contributed by atoms with Crippen molar-refractivity contribution in [3.8, 4) is 5.75 Å². The number of nitrogens with one attached hydrogen (secondary N) is 1. The molecule has 2 amide bonds. The van der Waals surface area contributed by atoms with Crippen molar-refractivity contribution in [1.29, 1.82) is 0 Å². The molecule has 30 heavy (non-hydrogen) atoms. The predicted molar refractivity (Wildman–Crippen MR) is 108 cm³/mol. The standard InChI is InChI=1S/C22H25F2N3O3/c1-30-18-5-2-16(3-6-18)15-26-10-12-27(13-11-26)21(28)8-9-25-22(29)19-7-4-17(23)14-20(19)24/h2-7,14H,8-13,15H2,1H3,(H,25,29). The van der Waals surface area contributed by atoms with Gasteiger partial charge in [-0.25, -0.2) is 8.78 Å². The van der Waals surface area contributed by atoms with Gasteiger partial charge in [0, 0.05) is 51.8 Å². The van der Waals surface area contributed by atoms with E-state index < -0.39 is 17.5 Å². The van der Waals surface area contributed by atoms with E-state index in [-0.39, 0.29) is 24.4 Å². The summed E-state index contributed by atoms with van der Waals surface area (Å²) in [5.41, 5.74) is 0.947. The Bertz CT molecular complexity index is 882. The van der Waals surface area contributed by atoms with E-state index in [0.717, 1.165) is 37.5 Å². The van der Waals surface area contributed by atoms with E-state index in [2.05, 4.69) is 10.2 Å². The monoisotopic (exact) mass is 417 g/mol. The summed E-state index contributed by atoms with van der Waals surface area (Å²) in [5.74, 6) is -1.57. The molecule has 1 aliphatic heterocycles. The number of rotatable bonds is 7. The van der Waals surface area contributed by atoms with E-state index in [1.54, 1.807) is 12.0 Å². The highest BCUT2D eigenvalue weighted by molar-refractivity contribution is 5.94. The van der Waals surface area contributed by atoms with Crippen LogP contribution in [0.25, 0.3) is 0 Å². The summed E-state index contributed by atoms with van der Waals surface area (Å²) in [7, 11) is 1.64. The first-order valence-electron chi connectivity index (χ1n) is 9.82. The molecule has 0 saturated carbocycles. The van der Waals surface area contributed by atoms with Crippen LogP contribution in [0.15, 0.2) is 42.5 Å². The fraction of sp³-hybridized carbons (Fsp3) is 0.364. The number of carbonyl (C=O) groups is 2. The van der Waals surface area contributed by atoms with Crippen molar-refractivity contribution in [2.45, 2.75) is 13.0 Å². The van der Waals surface area contributed by atoms with Gasteiger partial charge in [-0.1, -0.05) is 12.1 Å². The average molecular weight is 417 g/mol. The molecule has 3 rings (SSSR count). The number of hydrogen-bond acceptors (Lipinski definition) is 4. The molecule has 1 aliphatic rings. The van der Waals surface area contributed by atoms with Crippen molar-refractivity contribution >= 4 is 11.8 Å². The van der Waals surface area contributed by atoms with Crippen LogP contribution in [-0.4, -0.2) is 61.4 Å². The minimum Gasteiger partial charge on any atom is -0.497 e. The van der Waals surface area contributed by atoms with Crippen LogP contribution in [-0.2, 0) is 11.3 Å². The Kier molecular flexibility index (Phi) is 7.35. The molecule has 2 aromatic rings. The molecule has 0 aliphatic carbocycles. The predicted octanol–water partition coefficient (Wildman–Crippen LogP) is 2.44. The molecule has 160 valence electrons. The van der Waals surface area contributed by atoms with Gasteiger partial charge in [-0.3, -0.25) is 14.5 Å². The van der Waals surface area contributed by atoms with Gasteiger partial charge in [0.1, 0.15) is 17.4 Å². The number of halogens is 2. The molecule has 0 radical (unpaired) electrons. The number of nitrogens with zero attached hydrogens (tertiary/aromatic N) is 2. The van der Waals surface area contributed by atoms with Crippen molar-refractivity contribution in [2.24, 2.45) is 0 Å². The zero-order valence-electron chi connectivity index (χ0n) is 16.9. The van der Waals surface area contributed by atoms with Crippen LogP contribution in [0, 0.1) is 11.6 Å². The van der Waals surface area contributed by atoms with Gasteiger partial charge in [0.15, 0.2) is 0 Å². The van der Waals surface area contributed by atoms with E-state index in [4.69, 9.17) is 4.74 Å². The fourth-order valence-electron chi connectivity index (χ4n) is 3.35. The topological polar surface area (TPSA) is 61.9 Å². The highest BCUT2D eigenvalue weighted by Gasteiger charge is 2.21. The molecule has 0 bridgehead atoms. The SMILES string of the molecule is COc1ccc(CN2CCN(C(=O)CCNC(=O)c3ccc(F)cc3F)CC2)cc1. The maximum atomic E-state index is 13.6. The summed E-state index contributed by atoms with van der Waals surface area (Å²) >= 11 is 0. The first-order chi connectivity index (χ1) is 14.5. The van der Waals surface area contributed by atoms with Gasteiger partial charge in [-0.05, 0) is 29.8 Å². The average Bonchev–Trinajstić information content (AvgIpc) is 2.74. The van der Waals surface area contributed by atoms with Gasteiger partial charge in [-0.2, -0.15) is 0 Å². The quantitative estimate of drug-likeness (QED) is 0.752. The Balaban J connectivity index is 1.39. The zero-order chi connectivity index (χ0) is 21.5. The lowest BCUT2D eigenvalue weighted by Gasteiger charge is -2.34. The first kappa shape index (κ1) is 21.7. The van der Waals surface area contributed by atoms with E-state index in [9.17, 15) is 18.4 Å². The maximum Gasteiger partial charge on any atom is 0.254 e. The molecule has 1 heterocycles. The third-order valence-electron chi connectivity index (χ3n) is 5.09. The number of methoxy groups -OCH3 is 1. The van der Waals surface area contributed by atoms with E-state index >= 15 is 0 Å². The van der Waals surface area contributed by atoms with Crippen molar-refractivity contribution in [3.05, 3.63) is 65.2 Å². The lowest BCUT2D eigenvalue weighted by molar-refractivity contribution is -0.132. The van der Waals surface area contributed by atoms with Crippen LogP contribution >= 0.6 is 0 Å². The van der Waals surface area contributed by atoms with E-state index in [0.29, 0.717) is 19.2 Å². The minimum absolute atomic E-state index is 0.0565. The molecular formula is C22H25F2N3O3. The van der Waals surface area contributed by atoms with Crippen LogP contribution in [0.1, 0.15) is 22.3 Å². The number of ether oxygens (including phenoxy) is 1. The van der Waals surface area contributed by atoms with Gasteiger partial charge in [0.05, 0.1) is 12.7 Å². The molecule has 0 spiro atoms. The number of carbonyl (C=O) groups excluding carboxylic acids is 2. The molecule has 8 heteroatoms. The molecule has 0 unspecified atom stereocenters. The number of amides is 2. The van der Waals surface area contributed by atoms with Crippen LogP contribution < -0.4 is 10.1 Å². The minimum atomic E-state index is -0.924. The molecule has 0 aromatic heterocycles. The number of hydrogen-bond donors (Lipinski definition) is 1. The van der Waals surface area contributed by atoms with Gasteiger partial charge < -0.3 is 15.0 Å². The molecule has 1 fully saturated rings. The first-order valence-corrected chi connectivity index (χ1v) is 9.82. The second-order valence-corrected chi connectivity index (χ2v) is 7.14. The Morgan fingerprint density at radius 1 is 1.03 bits per heavy atom. The van der Waals surface area contributed by atoms with Crippen molar-refractivity contribution < 1.29 is 23.1 Å². The summed E-state index contributed by atoms with van der Waals surface area (Å²) in [6.07, 6.45) is 0.132. The maximum absolute atomic E-state index is 13.6. The van der Waals surface area contributed by atoms with E-state index in [1.807, 2.05) is 24.3 Å². The molecular weight excluding hydrogens is 392 g/mol. The normalized spacial score (nSPS) is 14.4. The van der Waals surface area contributed by atoms with Crippen molar-refractivity contribution in [2.75, 3.05) is 39.8 Å². The molecule has 1 saturated heterocycles. The van der Waals surface area contributed by atoms with Crippen LogP contribution in [0.5, 0.6) is 5.75 Å². The molecule has 6 nitrogen and oxygen atoms in total. The van der Waals surface area contributed by atoms with Crippen molar-refractivity contribution in [1.82, 2.24) is 15.1 Å². The summed E-state index contributed by atoms with van der Waals surface area (Å²) in [5, 5.41) is 2.51. The lowest BCUT2D eigenvalue weighted by Crippen LogP contribution is -2.48. The largest absolute Gasteiger partial charge is 0.497 e. The van der Waals surface area contributed by atoms with Crippen LogP contribution in [0.4, 0.5) is 8.78 Å². The fourth-order valence-corrected chi connectivity index (χ4v) is 3.35. The molecule has 0 atom stereocenters. The van der Waals surface area contributed by atoms with Crippen LogP contribution in [0.2, 0.25) is 0 Å². The Hall–Kier alpha value is -3.00. The highest BCUT2D eigenvalue weighted by Crippen LogP contribution is 2.14. The van der Waals surface area contributed by atoms with Gasteiger partial charge in [-0.15, -0.1) is 0 Å². The summed E-state index contributed by atoms with van der Waals surface area (Å²) < 4.78 is 31.7. The van der Waals surface area contributed by atoms with Gasteiger partial charge in [0.2, 0.25) is 5.91 Å². The smallest absolute Gasteiger partial charge is 0.254 e. The Labute approximate surface area is 174 Å².